The summed E-state index contributed by atoms with van der Waals surface area (Å²) in [5, 5.41) is 11.5. The molecular formula is C25H27N7O4. The highest BCUT2D eigenvalue weighted by Crippen LogP contribution is 2.24. The van der Waals surface area contributed by atoms with Crippen molar-refractivity contribution >= 4 is 17.8 Å². The molecule has 0 bridgehead atoms. The van der Waals surface area contributed by atoms with E-state index in [9.17, 15) is 9.59 Å². The Bertz CT molecular complexity index is 1300. The average Bonchev–Trinajstić information content (AvgIpc) is 3.58. The monoisotopic (exact) mass is 489 g/mol. The Kier molecular flexibility index (Phi) is 6.06. The standard InChI is InChI=1S/C25H27N7O4/c33-24(28-21-5-3-4-19(27-21)23-30-29-22-6-1-2-9-32(22)23)20-12-17-14-31(10-7-16(17)13-26-20)25(34)36-18-8-11-35-15-18/h3-5,12-13,18H,1-2,6-11,14-15H2,(H,27,28,33). The predicted octanol–water partition coefficient (Wildman–Crippen LogP) is 2.61. The number of hydrogen-bond donors (Lipinski definition) is 1. The fourth-order valence-corrected chi connectivity index (χ4v) is 4.85. The number of nitrogens with one attached hydrogen (secondary N) is 1. The van der Waals surface area contributed by atoms with Gasteiger partial charge >= 0.3 is 6.09 Å². The van der Waals surface area contributed by atoms with Crippen LogP contribution in [-0.2, 0) is 35.4 Å². The van der Waals surface area contributed by atoms with Crippen molar-refractivity contribution in [3.05, 3.63) is 53.1 Å². The molecule has 36 heavy (non-hydrogen) atoms. The number of aryl methyl sites for hydroxylation is 1. The van der Waals surface area contributed by atoms with Crippen LogP contribution in [0.5, 0.6) is 0 Å². The lowest BCUT2D eigenvalue weighted by Gasteiger charge is -2.29. The first-order chi connectivity index (χ1) is 17.6. The van der Waals surface area contributed by atoms with E-state index in [4.69, 9.17) is 9.47 Å². The van der Waals surface area contributed by atoms with E-state index in [0.29, 0.717) is 50.1 Å². The molecule has 0 spiro atoms. The van der Waals surface area contributed by atoms with Crippen LogP contribution in [0.2, 0.25) is 0 Å². The van der Waals surface area contributed by atoms with Gasteiger partial charge in [0.05, 0.1) is 13.2 Å². The Labute approximate surface area is 207 Å². The number of ether oxygens (including phenoxy) is 2. The van der Waals surface area contributed by atoms with Gasteiger partial charge in [0, 0.05) is 38.7 Å². The van der Waals surface area contributed by atoms with Crippen molar-refractivity contribution in [1.29, 1.82) is 0 Å². The summed E-state index contributed by atoms with van der Waals surface area (Å²) in [6.45, 7) is 2.85. The summed E-state index contributed by atoms with van der Waals surface area (Å²) in [7, 11) is 0. The van der Waals surface area contributed by atoms with Gasteiger partial charge in [-0.25, -0.2) is 9.78 Å². The Morgan fingerprint density at radius 3 is 2.94 bits per heavy atom. The zero-order chi connectivity index (χ0) is 24.5. The highest BCUT2D eigenvalue weighted by Gasteiger charge is 2.27. The molecule has 0 radical (unpaired) electrons. The second kappa shape index (κ2) is 9.65. The molecule has 0 saturated carbocycles. The molecule has 1 fully saturated rings. The summed E-state index contributed by atoms with van der Waals surface area (Å²) in [5.74, 6) is 1.73. The number of pyridine rings is 2. The first-order valence-corrected chi connectivity index (χ1v) is 12.4. The van der Waals surface area contributed by atoms with E-state index in [0.717, 1.165) is 49.2 Å². The van der Waals surface area contributed by atoms with Gasteiger partial charge in [0.2, 0.25) is 0 Å². The lowest BCUT2D eigenvalue weighted by molar-refractivity contribution is 0.0516. The van der Waals surface area contributed by atoms with Crippen molar-refractivity contribution < 1.29 is 19.1 Å². The molecule has 11 heteroatoms. The minimum atomic E-state index is -0.367. The normalized spacial score (nSPS) is 18.9. The molecule has 3 aromatic heterocycles. The van der Waals surface area contributed by atoms with Gasteiger partial charge in [-0.3, -0.25) is 9.78 Å². The number of fused-ring (bicyclic) bond motifs is 2. The number of aromatic nitrogens is 5. The number of rotatable bonds is 4. The van der Waals surface area contributed by atoms with Crippen molar-refractivity contribution in [3.8, 4) is 11.5 Å². The van der Waals surface area contributed by atoms with Crippen molar-refractivity contribution in [2.24, 2.45) is 0 Å². The van der Waals surface area contributed by atoms with Crippen molar-refractivity contribution in [3.63, 3.8) is 0 Å². The van der Waals surface area contributed by atoms with Crippen LogP contribution < -0.4 is 5.32 Å². The first kappa shape index (κ1) is 22.6. The Morgan fingerprint density at radius 1 is 1.11 bits per heavy atom. The molecule has 1 atom stereocenters. The lowest BCUT2D eigenvalue weighted by Crippen LogP contribution is -2.38. The molecular weight excluding hydrogens is 462 g/mol. The van der Waals surface area contributed by atoms with Gasteiger partial charge in [0.1, 0.15) is 29.1 Å². The number of nitrogens with zero attached hydrogens (tertiary/aromatic N) is 6. The second-order valence-corrected chi connectivity index (χ2v) is 9.29. The largest absolute Gasteiger partial charge is 0.444 e. The molecule has 6 heterocycles. The number of amides is 2. The van der Waals surface area contributed by atoms with E-state index >= 15 is 0 Å². The number of carbonyl (C=O) groups is 2. The highest BCUT2D eigenvalue weighted by molar-refractivity contribution is 6.02. The van der Waals surface area contributed by atoms with Gasteiger partial charge in [-0.05, 0) is 48.6 Å². The van der Waals surface area contributed by atoms with Crippen LogP contribution in [0.4, 0.5) is 10.6 Å². The minimum absolute atomic E-state index is 0.191. The van der Waals surface area contributed by atoms with Gasteiger partial charge in [-0.15, -0.1) is 10.2 Å². The van der Waals surface area contributed by atoms with E-state index in [2.05, 4.69) is 30.0 Å². The molecule has 1 unspecified atom stereocenters. The van der Waals surface area contributed by atoms with Crippen LogP contribution in [0.25, 0.3) is 11.5 Å². The summed E-state index contributed by atoms with van der Waals surface area (Å²) in [6, 6.07) is 7.17. The summed E-state index contributed by atoms with van der Waals surface area (Å²) >= 11 is 0. The van der Waals surface area contributed by atoms with Crippen LogP contribution in [0.1, 0.15) is 46.7 Å². The lowest BCUT2D eigenvalue weighted by atomic mass is 10.0. The SMILES string of the molecule is O=C(Nc1cccc(-c2nnc3n2CCCC3)n1)c1cc2c(cn1)CCN(C(=O)OC1CCOC1)C2. The number of hydrogen-bond acceptors (Lipinski definition) is 8. The zero-order valence-corrected chi connectivity index (χ0v) is 19.9. The molecule has 3 aliphatic rings. The molecule has 0 aliphatic carbocycles. The Hall–Kier alpha value is -3.86. The number of anilines is 1. The van der Waals surface area contributed by atoms with Crippen molar-refractivity contribution in [2.45, 2.75) is 51.3 Å². The third-order valence-corrected chi connectivity index (χ3v) is 6.82. The molecule has 1 N–H and O–H groups in total. The molecule has 2 amide bonds. The second-order valence-electron chi connectivity index (χ2n) is 9.29. The van der Waals surface area contributed by atoms with E-state index in [-0.39, 0.29) is 23.8 Å². The highest BCUT2D eigenvalue weighted by atomic mass is 16.6. The summed E-state index contributed by atoms with van der Waals surface area (Å²) in [6.07, 6.45) is 5.67. The predicted molar refractivity (Wildman–Crippen MR) is 128 cm³/mol. The maximum absolute atomic E-state index is 13.0. The van der Waals surface area contributed by atoms with Crippen LogP contribution >= 0.6 is 0 Å². The smallest absolute Gasteiger partial charge is 0.410 e. The van der Waals surface area contributed by atoms with Gasteiger partial charge in [-0.2, -0.15) is 0 Å². The summed E-state index contributed by atoms with van der Waals surface area (Å²) < 4.78 is 12.9. The van der Waals surface area contributed by atoms with Gasteiger partial charge < -0.3 is 24.3 Å². The molecule has 3 aliphatic heterocycles. The third kappa shape index (κ3) is 4.53. The van der Waals surface area contributed by atoms with E-state index in [1.54, 1.807) is 23.2 Å². The molecule has 6 rings (SSSR count). The van der Waals surface area contributed by atoms with Crippen LogP contribution in [0, 0.1) is 0 Å². The van der Waals surface area contributed by atoms with Gasteiger partial charge in [0.25, 0.3) is 5.91 Å². The maximum atomic E-state index is 13.0. The summed E-state index contributed by atoms with van der Waals surface area (Å²) in [4.78, 5) is 36.2. The maximum Gasteiger partial charge on any atom is 0.410 e. The number of carbonyl (C=O) groups excluding carboxylic acids is 2. The average molecular weight is 490 g/mol. The van der Waals surface area contributed by atoms with E-state index in [1.807, 2.05) is 12.1 Å². The quantitative estimate of drug-likeness (QED) is 0.593. The topological polar surface area (TPSA) is 124 Å². The zero-order valence-electron chi connectivity index (χ0n) is 19.9. The van der Waals surface area contributed by atoms with Gasteiger partial charge in [0.15, 0.2) is 5.82 Å². The minimum Gasteiger partial charge on any atom is -0.444 e. The Balaban J connectivity index is 1.15. The van der Waals surface area contributed by atoms with E-state index in [1.165, 1.54) is 0 Å². The first-order valence-electron chi connectivity index (χ1n) is 12.4. The van der Waals surface area contributed by atoms with E-state index < -0.39 is 0 Å². The molecule has 11 nitrogen and oxygen atoms in total. The fraction of sp³-hybridized carbons (Fsp3) is 0.440. The molecule has 0 aromatic carbocycles. The van der Waals surface area contributed by atoms with Gasteiger partial charge in [-0.1, -0.05) is 6.07 Å². The molecule has 186 valence electrons. The van der Waals surface area contributed by atoms with Crippen LogP contribution in [0.15, 0.2) is 30.5 Å². The molecule has 1 saturated heterocycles. The van der Waals surface area contributed by atoms with Crippen LogP contribution in [-0.4, -0.2) is 67.5 Å². The fourth-order valence-electron chi connectivity index (χ4n) is 4.85. The third-order valence-electron chi connectivity index (χ3n) is 6.82. The Morgan fingerprint density at radius 2 is 2.06 bits per heavy atom. The van der Waals surface area contributed by atoms with Crippen molar-refractivity contribution in [1.82, 2.24) is 29.6 Å². The summed E-state index contributed by atoms with van der Waals surface area (Å²) in [5.41, 5.74) is 2.84. The molecule has 3 aromatic rings. The van der Waals surface area contributed by atoms with Crippen molar-refractivity contribution in [2.75, 3.05) is 25.1 Å². The van der Waals surface area contributed by atoms with Crippen LogP contribution in [0.3, 0.4) is 0 Å².